The molecule has 0 radical (unpaired) electrons. The smallest absolute Gasteiger partial charge is 0.310 e. The Kier molecular flexibility index (Phi) is 5.12. The third kappa shape index (κ3) is 4.68. The molecule has 2 aromatic heterocycles. The first-order chi connectivity index (χ1) is 14.2. The quantitative estimate of drug-likeness (QED) is 0.364. The van der Waals surface area contributed by atoms with E-state index in [4.69, 9.17) is 0 Å². The highest BCUT2D eigenvalue weighted by Crippen LogP contribution is 3.02. The van der Waals surface area contributed by atoms with Gasteiger partial charge in [-0.05, 0) is 42.0 Å². The third-order valence-corrected chi connectivity index (χ3v) is 5.51. The molecule has 0 saturated heterocycles. The van der Waals surface area contributed by atoms with Crippen LogP contribution < -0.4 is 5.32 Å². The molecule has 0 spiro atoms. The van der Waals surface area contributed by atoms with E-state index < -0.39 is 33.7 Å². The van der Waals surface area contributed by atoms with Gasteiger partial charge in [-0.3, -0.25) is 4.79 Å². The van der Waals surface area contributed by atoms with Crippen LogP contribution in [0.15, 0.2) is 54.1 Å². The molecule has 31 heavy (non-hydrogen) atoms. The average Bonchev–Trinajstić information content (AvgIpc) is 3.08. The summed E-state index contributed by atoms with van der Waals surface area (Å²) in [6.07, 6.45) is 0.969. The number of hydrogen-bond acceptors (Lipinski definition) is 5. The van der Waals surface area contributed by atoms with Crippen LogP contribution in [0.4, 0.5) is 19.4 Å². The average molecular weight is 464 g/mol. The van der Waals surface area contributed by atoms with E-state index >= 15 is 0 Å². The molecule has 3 rings (SSSR count). The Hall–Kier alpha value is -3.03. The molecule has 0 saturated carbocycles. The van der Waals surface area contributed by atoms with Crippen molar-refractivity contribution in [1.29, 1.82) is 0 Å². The molecule has 0 aliphatic rings. The zero-order valence-electron chi connectivity index (χ0n) is 15.7. The maximum absolute atomic E-state index is 13.0. The fourth-order valence-corrected chi connectivity index (χ4v) is 3.56. The second-order valence-electron chi connectivity index (χ2n) is 6.54. The van der Waals surface area contributed by atoms with Gasteiger partial charge < -0.3 is 15.5 Å². The van der Waals surface area contributed by atoms with Crippen molar-refractivity contribution in [2.45, 2.75) is 17.5 Å². The summed E-state index contributed by atoms with van der Waals surface area (Å²) in [6, 6.07) is 3.52. The third-order valence-electron chi connectivity index (χ3n) is 4.35. The van der Waals surface area contributed by atoms with Crippen molar-refractivity contribution in [1.82, 2.24) is 20.1 Å². The predicted octanol–water partition coefficient (Wildman–Crippen LogP) is 3.91. The van der Waals surface area contributed by atoms with Crippen LogP contribution >= 0.6 is 10.2 Å². The van der Waals surface area contributed by atoms with E-state index in [1.165, 1.54) is 12.3 Å². The number of pyridine rings is 1. The predicted molar refractivity (Wildman–Crippen MR) is 104 cm³/mol. The number of benzene rings is 1. The van der Waals surface area contributed by atoms with Crippen LogP contribution in [-0.4, -0.2) is 37.5 Å². The lowest BCUT2D eigenvalue weighted by Gasteiger charge is -2.40. The van der Waals surface area contributed by atoms with Gasteiger partial charge in [0.15, 0.2) is 5.65 Å². The van der Waals surface area contributed by atoms with Gasteiger partial charge in [0.2, 0.25) is 5.91 Å². The number of nitrogens with zero attached hydrogens (tertiary/aromatic N) is 3. The SMILES string of the molecule is C=CC(=O)NCc1nn(-c2ccc(S(F)(F)(F)(F)F)cc2)c2nccc(C(O)CO)c12. The summed E-state index contributed by atoms with van der Waals surface area (Å²) in [6.45, 7) is 2.52. The molecule has 0 aliphatic heterocycles. The minimum Gasteiger partial charge on any atom is -0.393 e. The molecule has 0 fully saturated rings. The highest BCUT2D eigenvalue weighted by Gasteiger charge is 2.65. The number of nitrogens with one attached hydrogen (secondary N) is 1. The molecule has 2 heterocycles. The van der Waals surface area contributed by atoms with Crippen molar-refractivity contribution in [2.75, 3.05) is 6.61 Å². The van der Waals surface area contributed by atoms with Crippen molar-refractivity contribution in [3.05, 3.63) is 60.4 Å². The molecule has 7 nitrogen and oxygen atoms in total. The number of rotatable bonds is 7. The van der Waals surface area contributed by atoms with Crippen molar-refractivity contribution < 1.29 is 34.4 Å². The fraction of sp³-hybridized carbons (Fsp3) is 0.167. The van der Waals surface area contributed by atoms with E-state index in [1.807, 2.05) is 0 Å². The number of aromatic nitrogens is 3. The summed E-state index contributed by atoms with van der Waals surface area (Å²) in [7, 11) is -9.84. The number of aliphatic hydroxyl groups excluding tert-OH is 2. The van der Waals surface area contributed by atoms with E-state index in [1.54, 1.807) is 0 Å². The van der Waals surface area contributed by atoms with E-state index in [9.17, 15) is 34.4 Å². The highest BCUT2D eigenvalue weighted by molar-refractivity contribution is 8.45. The van der Waals surface area contributed by atoms with Crippen molar-refractivity contribution in [2.24, 2.45) is 0 Å². The summed E-state index contributed by atoms with van der Waals surface area (Å²) in [4.78, 5) is 13.6. The first-order valence-corrected chi connectivity index (χ1v) is 10.6. The van der Waals surface area contributed by atoms with Gasteiger partial charge in [0.25, 0.3) is 0 Å². The van der Waals surface area contributed by atoms with Gasteiger partial charge in [-0.25, -0.2) is 9.67 Å². The first kappa shape index (κ1) is 22.7. The summed E-state index contributed by atoms with van der Waals surface area (Å²) in [5, 5.41) is 26.4. The van der Waals surface area contributed by atoms with Gasteiger partial charge in [0.1, 0.15) is 11.0 Å². The second kappa shape index (κ2) is 7.00. The Morgan fingerprint density at radius 3 is 2.39 bits per heavy atom. The molecule has 3 N–H and O–H groups in total. The lowest BCUT2D eigenvalue weighted by molar-refractivity contribution is -0.116. The van der Waals surface area contributed by atoms with Crippen molar-refractivity contribution in [3.63, 3.8) is 0 Å². The van der Waals surface area contributed by atoms with Gasteiger partial charge in [-0.1, -0.05) is 26.0 Å². The summed E-state index contributed by atoms with van der Waals surface area (Å²) in [5.41, 5.74) is 0.454. The monoisotopic (exact) mass is 464 g/mol. The zero-order valence-corrected chi connectivity index (χ0v) is 16.5. The first-order valence-electron chi connectivity index (χ1n) is 8.65. The van der Waals surface area contributed by atoms with Crippen molar-refractivity contribution in [3.8, 4) is 5.69 Å². The molecule has 1 unspecified atom stereocenters. The molecular weight excluding hydrogens is 447 g/mol. The van der Waals surface area contributed by atoms with E-state index in [0.717, 1.165) is 22.9 Å². The maximum Gasteiger partial charge on any atom is 0.310 e. The normalized spacial score (nSPS) is 15.2. The Balaban J connectivity index is 2.17. The minimum absolute atomic E-state index is 0.0139. The largest absolute Gasteiger partial charge is 0.393 e. The molecule has 1 aromatic carbocycles. The van der Waals surface area contributed by atoms with Crippen LogP contribution in [0.25, 0.3) is 16.7 Å². The lowest BCUT2D eigenvalue weighted by atomic mass is 10.1. The molecule has 13 heteroatoms. The Bertz CT molecular complexity index is 1160. The number of hydrogen-bond donors (Lipinski definition) is 3. The summed E-state index contributed by atoms with van der Waals surface area (Å²) < 4.78 is 66.1. The van der Waals surface area contributed by atoms with Crippen LogP contribution in [0.5, 0.6) is 0 Å². The maximum atomic E-state index is 13.0. The molecule has 168 valence electrons. The second-order valence-corrected chi connectivity index (χ2v) is 8.95. The van der Waals surface area contributed by atoms with Gasteiger partial charge in [-0.2, -0.15) is 5.10 Å². The lowest BCUT2D eigenvalue weighted by Crippen LogP contribution is -2.20. The highest BCUT2D eigenvalue weighted by atomic mass is 32.5. The molecule has 1 atom stereocenters. The Labute approximate surface area is 172 Å². The van der Waals surface area contributed by atoms with Gasteiger partial charge in [-0.15, -0.1) is 0 Å². The zero-order chi connectivity index (χ0) is 23.1. The van der Waals surface area contributed by atoms with Crippen LogP contribution in [-0.2, 0) is 11.3 Å². The van der Waals surface area contributed by atoms with E-state index in [-0.39, 0.29) is 46.7 Å². The number of fused-ring (bicyclic) bond motifs is 1. The van der Waals surface area contributed by atoms with Crippen LogP contribution in [0, 0.1) is 0 Å². The van der Waals surface area contributed by atoms with E-state index in [0.29, 0.717) is 0 Å². The molecule has 3 aromatic rings. The van der Waals surface area contributed by atoms with Gasteiger partial charge >= 0.3 is 10.2 Å². The molecule has 0 bridgehead atoms. The Morgan fingerprint density at radius 1 is 1.19 bits per heavy atom. The molecule has 0 aliphatic carbocycles. The standard InChI is InChI=1S/C18H17F5N4O3S/c1-2-16(30)25-9-14-17-13(15(29)10-28)7-8-24-18(17)27(26-14)11-3-5-12(6-4-11)31(19,20,21,22)23/h2-8,15,28-29H,1,9-10H2,(H,25,30). The minimum atomic E-state index is -9.84. The summed E-state index contributed by atoms with van der Waals surface area (Å²) >= 11 is 0. The van der Waals surface area contributed by atoms with Crippen molar-refractivity contribution >= 4 is 27.2 Å². The molecular formula is C18H17F5N4O3S. The van der Waals surface area contributed by atoms with E-state index in [2.05, 4.69) is 22.0 Å². The van der Waals surface area contributed by atoms with Gasteiger partial charge in [0.05, 0.1) is 29.9 Å². The number of amides is 1. The Morgan fingerprint density at radius 2 is 1.84 bits per heavy atom. The van der Waals surface area contributed by atoms with Crippen LogP contribution in [0.3, 0.4) is 0 Å². The molecule has 1 amide bonds. The topological polar surface area (TPSA) is 100 Å². The fourth-order valence-electron chi connectivity index (χ4n) is 2.91. The number of halogens is 5. The number of aliphatic hydroxyl groups is 2. The number of carbonyl (C=O) groups excluding carboxylic acids is 1. The van der Waals surface area contributed by atoms with Crippen LogP contribution in [0.1, 0.15) is 17.4 Å². The van der Waals surface area contributed by atoms with Gasteiger partial charge in [0, 0.05) is 6.20 Å². The number of carbonyl (C=O) groups is 1. The summed E-state index contributed by atoms with van der Waals surface area (Å²) in [5.74, 6) is -0.531. The van der Waals surface area contributed by atoms with Crippen LogP contribution in [0.2, 0.25) is 0 Å².